The Morgan fingerprint density at radius 1 is 0.953 bits per heavy atom. The number of benzene rings is 2. The minimum absolute atomic E-state index is 0.0724. The van der Waals surface area contributed by atoms with E-state index in [9.17, 15) is 14.4 Å². The van der Waals surface area contributed by atoms with E-state index in [-0.39, 0.29) is 48.0 Å². The number of carbonyl (C=O) groups is 3. The molecular formula is C34H35FN4O4. The fraction of sp³-hybridized carbons (Fsp3) is 0.382. The molecule has 0 radical (unpaired) electrons. The molecule has 3 aromatic rings. The largest absolute Gasteiger partial charge is 0.497 e. The molecule has 3 heterocycles. The summed E-state index contributed by atoms with van der Waals surface area (Å²) >= 11 is 0. The zero-order valence-electron chi connectivity index (χ0n) is 24.2. The number of carbonyl (C=O) groups excluding carboxylic acids is 3. The number of likely N-dealkylation sites (tertiary alicyclic amines) is 2. The SMILES string of the molecule is COc1ccc(C(=O)C2CCN(C(=O)c3ccc(C(=O)CC4CCN(Cc5ccc(C#N)cc5)CC4F)cn3)CC2)cc1. The molecular weight excluding hydrogens is 547 g/mol. The Balaban J connectivity index is 1.09. The number of alkyl halides is 1. The zero-order valence-corrected chi connectivity index (χ0v) is 24.2. The van der Waals surface area contributed by atoms with Crippen LogP contribution in [0.25, 0.3) is 0 Å². The van der Waals surface area contributed by atoms with Gasteiger partial charge in [0.2, 0.25) is 0 Å². The second-order valence-corrected chi connectivity index (χ2v) is 11.3. The average Bonchev–Trinajstić information content (AvgIpc) is 3.06. The van der Waals surface area contributed by atoms with E-state index < -0.39 is 6.17 Å². The number of piperidine rings is 2. The Kier molecular flexibility index (Phi) is 9.58. The Morgan fingerprint density at radius 3 is 2.26 bits per heavy atom. The maximum absolute atomic E-state index is 15.0. The van der Waals surface area contributed by atoms with E-state index in [1.807, 2.05) is 17.0 Å². The number of ether oxygens (including phenoxy) is 1. The lowest BCUT2D eigenvalue weighted by atomic mass is 9.88. The summed E-state index contributed by atoms with van der Waals surface area (Å²) in [5.41, 5.74) is 2.87. The number of nitriles is 1. The molecule has 0 N–H and O–H groups in total. The molecule has 2 atom stereocenters. The minimum atomic E-state index is -1.12. The molecule has 0 saturated carbocycles. The molecule has 2 aromatic carbocycles. The smallest absolute Gasteiger partial charge is 0.272 e. The molecule has 2 aliphatic heterocycles. The number of hydrogen-bond acceptors (Lipinski definition) is 7. The predicted molar refractivity (Wildman–Crippen MR) is 159 cm³/mol. The molecule has 2 unspecified atom stereocenters. The van der Waals surface area contributed by atoms with E-state index >= 15 is 4.39 Å². The number of rotatable bonds is 9. The van der Waals surface area contributed by atoms with Gasteiger partial charge in [-0.15, -0.1) is 0 Å². The number of ketones is 2. The molecule has 9 heteroatoms. The van der Waals surface area contributed by atoms with E-state index in [4.69, 9.17) is 10.00 Å². The van der Waals surface area contributed by atoms with Crippen LogP contribution in [-0.4, -0.2) is 71.7 Å². The molecule has 0 bridgehead atoms. The molecule has 0 spiro atoms. The first kappa shape index (κ1) is 30.1. The van der Waals surface area contributed by atoms with E-state index in [2.05, 4.69) is 11.1 Å². The van der Waals surface area contributed by atoms with Crippen LogP contribution in [0.1, 0.15) is 68.0 Å². The van der Waals surface area contributed by atoms with Crippen LogP contribution in [-0.2, 0) is 6.54 Å². The van der Waals surface area contributed by atoms with Gasteiger partial charge in [0, 0.05) is 55.8 Å². The van der Waals surface area contributed by atoms with Crippen molar-refractivity contribution >= 4 is 17.5 Å². The van der Waals surface area contributed by atoms with Gasteiger partial charge in [-0.05, 0) is 85.8 Å². The lowest BCUT2D eigenvalue weighted by Crippen LogP contribution is -2.42. The first-order valence-electron chi connectivity index (χ1n) is 14.7. The summed E-state index contributed by atoms with van der Waals surface area (Å²) in [6.45, 7) is 2.45. The second kappa shape index (κ2) is 13.7. The molecule has 8 nitrogen and oxygen atoms in total. The predicted octanol–water partition coefficient (Wildman–Crippen LogP) is 5.13. The molecule has 2 saturated heterocycles. The number of methoxy groups -OCH3 is 1. The standard InChI is InChI=1S/C34H35FN4O4/c1-43-29-9-6-25(7-10-29)33(41)26-13-16-39(17-14-26)34(42)31-11-8-28(20-37-31)32(40)18-27-12-15-38(22-30(27)35)21-24-4-2-23(19-36)3-5-24/h2-11,20,26-27,30H,12-18,21-22H2,1H3. The number of halogens is 1. The zero-order chi connectivity index (χ0) is 30.3. The molecule has 2 fully saturated rings. The van der Waals surface area contributed by atoms with Gasteiger partial charge < -0.3 is 9.64 Å². The van der Waals surface area contributed by atoms with Gasteiger partial charge in [0.15, 0.2) is 11.6 Å². The third-order valence-corrected chi connectivity index (χ3v) is 8.53. The maximum atomic E-state index is 15.0. The molecule has 2 aliphatic rings. The van der Waals surface area contributed by atoms with Crippen molar-refractivity contribution in [3.05, 3.63) is 94.8 Å². The highest BCUT2D eigenvalue weighted by Gasteiger charge is 2.32. The first-order chi connectivity index (χ1) is 20.8. The third kappa shape index (κ3) is 7.33. The molecule has 1 aromatic heterocycles. The molecule has 5 rings (SSSR count). The highest BCUT2D eigenvalue weighted by atomic mass is 19.1. The van der Waals surface area contributed by atoms with Crippen molar-refractivity contribution in [3.8, 4) is 11.8 Å². The number of pyridine rings is 1. The highest BCUT2D eigenvalue weighted by Crippen LogP contribution is 2.27. The van der Waals surface area contributed by atoms with E-state index in [0.29, 0.717) is 67.9 Å². The summed E-state index contributed by atoms with van der Waals surface area (Å²) in [6, 6.07) is 19.6. The third-order valence-electron chi connectivity index (χ3n) is 8.53. The van der Waals surface area contributed by atoms with Crippen LogP contribution in [0, 0.1) is 23.2 Å². The van der Waals surface area contributed by atoms with Crippen LogP contribution in [0.2, 0.25) is 0 Å². The van der Waals surface area contributed by atoms with Crippen LogP contribution in [0.3, 0.4) is 0 Å². The summed E-state index contributed by atoms with van der Waals surface area (Å²) < 4.78 is 20.2. The van der Waals surface area contributed by atoms with Gasteiger partial charge in [0.1, 0.15) is 17.6 Å². The van der Waals surface area contributed by atoms with Crippen LogP contribution < -0.4 is 4.74 Å². The Labute approximate surface area is 251 Å². The van der Waals surface area contributed by atoms with Gasteiger partial charge in [-0.2, -0.15) is 5.26 Å². The molecule has 0 aliphatic carbocycles. The van der Waals surface area contributed by atoms with Crippen molar-refractivity contribution in [1.29, 1.82) is 5.26 Å². The Bertz CT molecular complexity index is 1480. The number of nitrogens with zero attached hydrogens (tertiary/aromatic N) is 4. The lowest BCUT2D eigenvalue weighted by Gasteiger charge is -2.34. The summed E-state index contributed by atoms with van der Waals surface area (Å²) in [5.74, 6) is -0.157. The second-order valence-electron chi connectivity index (χ2n) is 11.3. The number of amides is 1. The van der Waals surface area contributed by atoms with Crippen molar-refractivity contribution in [2.45, 2.75) is 38.4 Å². The van der Waals surface area contributed by atoms with Crippen LogP contribution in [0.15, 0.2) is 66.9 Å². The average molecular weight is 583 g/mol. The van der Waals surface area contributed by atoms with Crippen molar-refractivity contribution in [2.75, 3.05) is 33.3 Å². The lowest BCUT2D eigenvalue weighted by molar-refractivity contribution is 0.0644. The fourth-order valence-electron chi connectivity index (χ4n) is 5.87. The van der Waals surface area contributed by atoms with Crippen LogP contribution in [0.5, 0.6) is 5.75 Å². The monoisotopic (exact) mass is 582 g/mol. The van der Waals surface area contributed by atoms with Crippen molar-refractivity contribution < 1.29 is 23.5 Å². The normalized spacial score (nSPS) is 19.4. The summed E-state index contributed by atoms with van der Waals surface area (Å²) in [7, 11) is 1.58. The van der Waals surface area contributed by atoms with E-state index in [0.717, 1.165) is 5.56 Å². The fourth-order valence-corrected chi connectivity index (χ4v) is 5.87. The van der Waals surface area contributed by atoms with Gasteiger partial charge >= 0.3 is 0 Å². The quantitative estimate of drug-likeness (QED) is 0.322. The van der Waals surface area contributed by atoms with E-state index in [1.165, 1.54) is 6.20 Å². The molecule has 222 valence electrons. The van der Waals surface area contributed by atoms with Gasteiger partial charge in [-0.1, -0.05) is 12.1 Å². The first-order valence-corrected chi connectivity index (χ1v) is 14.7. The van der Waals surface area contributed by atoms with Crippen molar-refractivity contribution in [2.24, 2.45) is 11.8 Å². The molecule has 43 heavy (non-hydrogen) atoms. The van der Waals surface area contributed by atoms with Gasteiger partial charge in [0.05, 0.1) is 18.7 Å². The topological polar surface area (TPSA) is 104 Å². The number of hydrogen-bond donors (Lipinski definition) is 0. The van der Waals surface area contributed by atoms with Gasteiger partial charge in [0.25, 0.3) is 5.91 Å². The maximum Gasteiger partial charge on any atom is 0.272 e. The van der Waals surface area contributed by atoms with Crippen LogP contribution >= 0.6 is 0 Å². The summed E-state index contributed by atoms with van der Waals surface area (Å²) in [6.07, 6.45) is 2.10. The minimum Gasteiger partial charge on any atom is -0.497 e. The van der Waals surface area contributed by atoms with Crippen molar-refractivity contribution in [1.82, 2.24) is 14.8 Å². The van der Waals surface area contributed by atoms with Gasteiger partial charge in [-0.25, -0.2) is 4.39 Å². The summed E-state index contributed by atoms with van der Waals surface area (Å²) in [4.78, 5) is 46.9. The number of aromatic nitrogens is 1. The Morgan fingerprint density at radius 2 is 1.65 bits per heavy atom. The highest BCUT2D eigenvalue weighted by molar-refractivity contribution is 5.99. The van der Waals surface area contributed by atoms with Gasteiger partial charge in [-0.3, -0.25) is 24.3 Å². The van der Waals surface area contributed by atoms with E-state index in [1.54, 1.807) is 60.5 Å². The summed E-state index contributed by atoms with van der Waals surface area (Å²) in [5, 5.41) is 8.95. The van der Waals surface area contributed by atoms with Crippen LogP contribution in [0.4, 0.5) is 4.39 Å². The number of Topliss-reactive ketones (excluding diaryl/α,β-unsaturated/α-hetero) is 2. The Hall–Kier alpha value is -4.42. The molecule has 1 amide bonds. The van der Waals surface area contributed by atoms with Crippen molar-refractivity contribution in [3.63, 3.8) is 0 Å².